The number of aldehydes is 1. The summed E-state index contributed by atoms with van der Waals surface area (Å²) < 4.78 is 0. The van der Waals surface area contributed by atoms with Crippen molar-refractivity contribution < 1.29 is 4.79 Å². The molecular formula is C10H7ClO. The summed E-state index contributed by atoms with van der Waals surface area (Å²) in [5.41, 5.74) is 3.08. The Morgan fingerprint density at radius 2 is 2.25 bits per heavy atom. The average molecular weight is 179 g/mol. The molecule has 0 unspecified atom stereocenters. The van der Waals surface area contributed by atoms with Crippen molar-refractivity contribution in [1.29, 1.82) is 0 Å². The number of fused-ring (bicyclic) bond motifs is 1. The molecule has 0 N–H and O–H groups in total. The minimum Gasteiger partial charge on any atom is -0.298 e. The van der Waals surface area contributed by atoms with Crippen LogP contribution in [0.15, 0.2) is 23.8 Å². The first-order chi connectivity index (χ1) is 5.79. The van der Waals surface area contributed by atoms with Crippen molar-refractivity contribution in [2.24, 2.45) is 0 Å². The minimum absolute atomic E-state index is 0.720. The van der Waals surface area contributed by atoms with Crippen LogP contribution >= 0.6 is 11.6 Å². The van der Waals surface area contributed by atoms with Crippen LogP contribution in [0.3, 0.4) is 0 Å². The molecule has 0 aliphatic heterocycles. The number of carbonyl (C=O) groups is 1. The van der Waals surface area contributed by atoms with E-state index in [0.717, 1.165) is 28.9 Å². The fourth-order valence-corrected chi connectivity index (χ4v) is 1.59. The summed E-state index contributed by atoms with van der Waals surface area (Å²) in [6, 6.07) is 5.69. The molecule has 0 saturated carbocycles. The van der Waals surface area contributed by atoms with Gasteiger partial charge >= 0.3 is 0 Å². The lowest BCUT2D eigenvalue weighted by molar-refractivity contribution is -0.104. The highest BCUT2D eigenvalue weighted by Gasteiger charge is 2.11. The normalized spacial score (nSPS) is 13.9. The van der Waals surface area contributed by atoms with Gasteiger partial charge in [-0.05, 0) is 34.9 Å². The van der Waals surface area contributed by atoms with Crippen molar-refractivity contribution >= 4 is 24.0 Å². The van der Waals surface area contributed by atoms with E-state index >= 15 is 0 Å². The van der Waals surface area contributed by atoms with E-state index in [1.54, 1.807) is 0 Å². The Morgan fingerprint density at radius 1 is 1.42 bits per heavy atom. The molecule has 0 bridgehead atoms. The summed E-state index contributed by atoms with van der Waals surface area (Å²) in [5.74, 6) is 0. The van der Waals surface area contributed by atoms with Crippen molar-refractivity contribution in [3.63, 3.8) is 0 Å². The van der Waals surface area contributed by atoms with Gasteiger partial charge in [-0.15, -0.1) is 0 Å². The van der Waals surface area contributed by atoms with Crippen LogP contribution in [0.2, 0.25) is 5.02 Å². The van der Waals surface area contributed by atoms with Gasteiger partial charge in [0, 0.05) is 11.4 Å². The molecule has 0 spiro atoms. The van der Waals surface area contributed by atoms with Gasteiger partial charge < -0.3 is 0 Å². The number of rotatable bonds is 1. The lowest BCUT2D eigenvalue weighted by Gasteiger charge is -1.96. The predicted molar refractivity (Wildman–Crippen MR) is 49.2 cm³/mol. The van der Waals surface area contributed by atoms with E-state index in [1.807, 2.05) is 24.3 Å². The summed E-state index contributed by atoms with van der Waals surface area (Å²) in [6.07, 6.45) is 3.53. The molecule has 1 aliphatic rings. The SMILES string of the molecule is O=CC1=Cc2cc(Cl)ccc2C1. The van der Waals surface area contributed by atoms with E-state index in [9.17, 15) is 4.79 Å². The lowest BCUT2D eigenvalue weighted by Crippen LogP contribution is -1.84. The highest BCUT2D eigenvalue weighted by molar-refractivity contribution is 6.30. The molecule has 0 amide bonds. The van der Waals surface area contributed by atoms with Crippen LogP contribution in [-0.4, -0.2) is 6.29 Å². The molecule has 0 heterocycles. The number of allylic oxidation sites excluding steroid dienone is 1. The molecule has 1 aliphatic carbocycles. The van der Waals surface area contributed by atoms with E-state index in [2.05, 4.69) is 0 Å². The van der Waals surface area contributed by atoms with Gasteiger partial charge in [0.15, 0.2) is 0 Å². The smallest absolute Gasteiger partial charge is 0.146 e. The molecule has 60 valence electrons. The largest absolute Gasteiger partial charge is 0.298 e. The Labute approximate surface area is 75.7 Å². The van der Waals surface area contributed by atoms with Crippen molar-refractivity contribution in [3.8, 4) is 0 Å². The van der Waals surface area contributed by atoms with Crippen molar-refractivity contribution in [2.45, 2.75) is 6.42 Å². The first kappa shape index (κ1) is 7.56. The van der Waals surface area contributed by atoms with Crippen LogP contribution in [0.5, 0.6) is 0 Å². The minimum atomic E-state index is 0.720. The maximum absolute atomic E-state index is 10.5. The van der Waals surface area contributed by atoms with Crippen LogP contribution in [0, 0.1) is 0 Å². The molecule has 0 fully saturated rings. The molecule has 2 rings (SSSR count). The first-order valence-corrected chi connectivity index (χ1v) is 4.11. The Balaban J connectivity index is 2.48. The second-order valence-corrected chi connectivity index (χ2v) is 3.29. The van der Waals surface area contributed by atoms with Crippen LogP contribution in [0.25, 0.3) is 6.08 Å². The molecule has 0 atom stereocenters. The Bertz CT molecular complexity index is 366. The molecule has 0 radical (unpaired) electrons. The van der Waals surface area contributed by atoms with Crippen LogP contribution in [-0.2, 0) is 11.2 Å². The zero-order valence-corrected chi connectivity index (χ0v) is 7.14. The van der Waals surface area contributed by atoms with Crippen molar-refractivity contribution in [2.75, 3.05) is 0 Å². The summed E-state index contributed by atoms with van der Waals surface area (Å²) in [7, 11) is 0. The fraction of sp³-hybridized carbons (Fsp3) is 0.100. The lowest BCUT2D eigenvalue weighted by atomic mass is 10.1. The predicted octanol–water partition coefficient (Wildman–Crippen LogP) is 2.48. The Morgan fingerprint density at radius 3 is 3.00 bits per heavy atom. The fourth-order valence-electron chi connectivity index (χ4n) is 1.41. The van der Waals surface area contributed by atoms with Crippen molar-refractivity contribution in [3.05, 3.63) is 39.9 Å². The van der Waals surface area contributed by atoms with Gasteiger partial charge in [0.1, 0.15) is 6.29 Å². The number of hydrogen-bond donors (Lipinski definition) is 0. The van der Waals surface area contributed by atoms with Gasteiger partial charge in [-0.1, -0.05) is 17.7 Å². The van der Waals surface area contributed by atoms with Crippen LogP contribution in [0.4, 0.5) is 0 Å². The standard InChI is InChI=1S/C10H7ClO/c11-10-2-1-8-3-7(6-12)4-9(8)5-10/h1-2,4-6H,3H2. The van der Waals surface area contributed by atoms with E-state index in [4.69, 9.17) is 11.6 Å². The van der Waals surface area contributed by atoms with Gasteiger partial charge in [0.25, 0.3) is 0 Å². The highest BCUT2D eigenvalue weighted by Crippen LogP contribution is 2.26. The van der Waals surface area contributed by atoms with Gasteiger partial charge in [-0.2, -0.15) is 0 Å². The first-order valence-electron chi connectivity index (χ1n) is 3.74. The maximum Gasteiger partial charge on any atom is 0.146 e. The number of halogens is 1. The molecule has 1 aromatic carbocycles. The second-order valence-electron chi connectivity index (χ2n) is 2.86. The van der Waals surface area contributed by atoms with Crippen LogP contribution < -0.4 is 0 Å². The van der Waals surface area contributed by atoms with E-state index in [-0.39, 0.29) is 0 Å². The van der Waals surface area contributed by atoms with Gasteiger partial charge in [0.2, 0.25) is 0 Å². The number of hydrogen-bond acceptors (Lipinski definition) is 1. The average Bonchev–Trinajstić information content (AvgIpc) is 2.46. The zero-order valence-electron chi connectivity index (χ0n) is 6.38. The summed E-state index contributed by atoms with van der Waals surface area (Å²) in [6.45, 7) is 0. The van der Waals surface area contributed by atoms with Gasteiger partial charge in [-0.3, -0.25) is 4.79 Å². The third-order valence-electron chi connectivity index (χ3n) is 1.99. The topological polar surface area (TPSA) is 17.1 Å². The van der Waals surface area contributed by atoms with Crippen LogP contribution in [0.1, 0.15) is 11.1 Å². The molecule has 0 saturated heterocycles. The Kier molecular flexibility index (Phi) is 1.74. The zero-order chi connectivity index (χ0) is 8.55. The third kappa shape index (κ3) is 1.16. The molecule has 12 heavy (non-hydrogen) atoms. The summed E-state index contributed by atoms with van der Waals surface area (Å²) >= 11 is 5.80. The molecular weight excluding hydrogens is 172 g/mol. The quantitative estimate of drug-likeness (QED) is 0.604. The Hall–Kier alpha value is -1.08. The molecule has 2 heteroatoms. The van der Waals surface area contributed by atoms with E-state index in [1.165, 1.54) is 5.56 Å². The second kappa shape index (κ2) is 2.76. The van der Waals surface area contributed by atoms with Gasteiger partial charge in [-0.25, -0.2) is 0 Å². The summed E-state index contributed by atoms with van der Waals surface area (Å²) in [5, 5.41) is 0.720. The van der Waals surface area contributed by atoms with E-state index in [0.29, 0.717) is 0 Å². The van der Waals surface area contributed by atoms with Crippen molar-refractivity contribution in [1.82, 2.24) is 0 Å². The summed E-state index contributed by atoms with van der Waals surface area (Å²) in [4.78, 5) is 10.5. The number of carbonyl (C=O) groups excluding carboxylic acids is 1. The molecule has 1 nitrogen and oxygen atoms in total. The van der Waals surface area contributed by atoms with Gasteiger partial charge in [0.05, 0.1) is 0 Å². The van der Waals surface area contributed by atoms with E-state index < -0.39 is 0 Å². The molecule has 0 aromatic heterocycles. The third-order valence-corrected chi connectivity index (χ3v) is 2.23. The maximum atomic E-state index is 10.5. The number of benzene rings is 1. The molecule has 1 aromatic rings. The monoisotopic (exact) mass is 178 g/mol. The highest BCUT2D eigenvalue weighted by atomic mass is 35.5.